The Hall–Kier alpha value is -2.34. The predicted octanol–water partition coefficient (Wildman–Crippen LogP) is 3.15. The number of aromatic nitrogens is 1. The van der Waals surface area contributed by atoms with E-state index < -0.39 is 0 Å². The molecule has 19 heavy (non-hydrogen) atoms. The minimum absolute atomic E-state index is 0.500. The fraction of sp³-hybridized carbons (Fsp3) is 0.250. The van der Waals surface area contributed by atoms with Crippen molar-refractivity contribution in [1.82, 2.24) is 4.98 Å². The number of aryl methyl sites for hydroxylation is 1. The second kappa shape index (κ2) is 6.01. The molecule has 1 aromatic carbocycles. The van der Waals surface area contributed by atoms with Crippen molar-refractivity contribution in [3.63, 3.8) is 0 Å². The molecule has 1 heterocycles. The highest BCUT2D eigenvalue weighted by molar-refractivity contribution is 5.48. The molecule has 0 amide bonds. The zero-order valence-corrected chi connectivity index (χ0v) is 11.3. The molecule has 0 saturated carbocycles. The van der Waals surface area contributed by atoms with Gasteiger partial charge in [0.05, 0.1) is 0 Å². The van der Waals surface area contributed by atoms with Gasteiger partial charge in [-0.3, -0.25) is 0 Å². The van der Waals surface area contributed by atoms with Gasteiger partial charge in [-0.2, -0.15) is 5.26 Å². The smallest absolute Gasteiger partial charge is 0.145 e. The SMILES string of the molecule is CCc1ccc(N(C)Cc2cccnc2C#N)cc1. The second-order valence-corrected chi connectivity index (χ2v) is 4.50. The van der Waals surface area contributed by atoms with Gasteiger partial charge in [0, 0.05) is 31.0 Å². The van der Waals surface area contributed by atoms with Crippen LogP contribution >= 0.6 is 0 Å². The Bertz CT molecular complexity index is 582. The quantitative estimate of drug-likeness (QED) is 0.838. The van der Waals surface area contributed by atoms with E-state index in [0.717, 1.165) is 17.7 Å². The van der Waals surface area contributed by atoms with E-state index in [9.17, 15) is 0 Å². The lowest BCUT2D eigenvalue weighted by Gasteiger charge is -2.20. The van der Waals surface area contributed by atoms with E-state index in [0.29, 0.717) is 12.2 Å². The van der Waals surface area contributed by atoms with Crippen LogP contribution in [0, 0.1) is 11.3 Å². The van der Waals surface area contributed by atoms with Crippen LogP contribution in [-0.2, 0) is 13.0 Å². The number of hydrogen-bond acceptors (Lipinski definition) is 3. The van der Waals surface area contributed by atoms with E-state index in [1.165, 1.54) is 5.56 Å². The molecule has 3 nitrogen and oxygen atoms in total. The number of pyridine rings is 1. The van der Waals surface area contributed by atoms with Crippen LogP contribution in [0.1, 0.15) is 23.7 Å². The molecule has 96 valence electrons. The highest BCUT2D eigenvalue weighted by Gasteiger charge is 2.06. The summed E-state index contributed by atoms with van der Waals surface area (Å²) >= 11 is 0. The van der Waals surface area contributed by atoms with Crippen molar-refractivity contribution in [2.45, 2.75) is 19.9 Å². The summed E-state index contributed by atoms with van der Waals surface area (Å²) in [6.07, 6.45) is 2.70. The van der Waals surface area contributed by atoms with Gasteiger partial charge in [0.2, 0.25) is 0 Å². The first-order valence-corrected chi connectivity index (χ1v) is 6.38. The van der Waals surface area contributed by atoms with Gasteiger partial charge < -0.3 is 4.90 Å². The van der Waals surface area contributed by atoms with Crippen LogP contribution < -0.4 is 4.90 Å². The summed E-state index contributed by atoms with van der Waals surface area (Å²) in [6, 6.07) is 14.4. The molecule has 0 aliphatic rings. The van der Waals surface area contributed by atoms with Gasteiger partial charge in [0.15, 0.2) is 0 Å². The summed E-state index contributed by atoms with van der Waals surface area (Å²) in [7, 11) is 2.02. The predicted molar refractivity (Wildman–Crippen MR) is 76.9 cm³/mol. The van der Waals surface area contributed by atoms with E-state index in [2.05, 4.69) is 47.1 Å². The Morgan fingerprint density at radius 2 is 1.95 bits per heavy atom. The Morgan fingerprint density at radius 3 is 2.58 bits per heavy atom. The van der Waals surface area contributed by atoms with Gasteiger partial charge >= 0.3 is 0 Å². The van der Waals surface area contributed by atoms with Gasteiger partial charge in [-0.15, -0.1) is 0 Å². The molecule has 1 aromatic heterocycles. The molecular formula is C16H17N3. The lowest BCUT2D eigenvalue weighted by atomic mass is 10.1. The average molecular weight is 251 g/mol. The molecule has 0 aliphatic carbocycles. The summed E-state index contributed by atoms with van der Waals surface area (Å²) in [5.41, 5.74) is 3.92. The first-order valence-electron chi connectivity index (χ1n) is 6.38. The number of nitriles is 1. The number of benzene rings is 1. The van der Waals surface area contributed by atoms with Gasteiger partial charge in [-0.05, 0) is 30.2 Å². The first kappa shape index (κ1) is 13.1. The molecule has 0 saturated heterocycles. The van der Waals surface area contributed by atoms with Crippen LogP contribution in [0.5, 0.6) is 0 Å². The van der Waals surface area contributed by atoms with Crippen LogP contribution in [0.2, 0.25) is 0 Å². The van der Waals surface area contributed by atoms with Gasteiger partial charge in [0.25, 0.3) is 0 Å². The topological polar surface area (TPSA) is 39.9 Å². The maximum absolute atomic E-state index is 9.04. The van der Waals surface area contributed by atoms with Crippen molar-refractivity contribution in [2.24, 2.45) is 0 Å². The van der Waals surface area contributed by atoms with Crippen LogP contribution in [0.15, 0.2) is 42.6 Å². The second-order valence-electron chi connectivity index (χ2n) is 4.50. The molecule has 0 radical (unpaired) electrons. The Labute approximate surface area is 114 Å². The highest BCUT2D eigenvalue weighted by Crippen LogP contribution is 2.17. The van der Waals surface area contributed by atoms with Crippen molar-refractivity contribution in [3.8, 4) is 6.07 Å². The fourth-order valence-electron chi connectivity index (χ4n) is 2.00. The normalized spacial score (nSPS) is 9.95. The molecule has 0 unspecified atom stereocenters. The van der Waals surface area contributed by atoms with E-state index in [1.54, 1.807) is 6.20 Å². The Balaban J connectivity index is 2.16. The lowest BCUT2D eigenvalue weighted by molar-refractivity contribution is 0.908. The average Bonchev–Trinajstić information content (AvgIpc) is 2.48. The number of nitrogens with zero attached hydrogens (tertiary/aromatic N) is 3. The zero-order valence-electron chi connectivity index (χ0n) is 11.3. The van der Waals surface area contributed by atoms with E-state index >= 15 is 0 Å². The largest absolute Gasteiger partial charge is 0.370 e. The summed E-state index contributed by atoms with van der Waals surface area (Å²) < 4.78 is 0. The molecule has 0 aliphatic heterocycles. The molecule has 0 fully saturated rings. The van der Waals surface area contributed by atoms with E-state index in [-0.39, 0.29) is 0 Å². The van der Waals surface area contributed by atoms with Crippen LogP contribution in [-0.4, -0.2) is 12.0 Å². The van der Waals surface area contributed by atoms with Gasteiger partial charge in [-0.1, -0.05) is 25.1 Å². The van der Waals surface area contributed by atoms with Crippen LogP contribution in [0.25, 0.3) is 0 Å². The third kappa shape index (κ3) is 3.11. The summed E-state index contributed by atoms with van der Waals surface area (Å²) in [6.45, 7) is 2.83. The number of rotatable bonds is 4. The lowest BCUT2D eigenvalue weighted by Crippen LogP contribution is -2.17. The molecular weight excluding hydrogens is 234 g/mol. The molecule has 0 spiro atoms. The standard InChI is InChI=1S/C16H17N3/c1-3-13-6-8-15(9-7-13)19(2)12-14-5-4-10-18-16(14)11-17/h4-10H,3,12H2,1-2H3. The molecule has 3 heteroatoms. The summed E-state index contributed by atoms with van der Waals surface area (Å²) in [5.74, 6) is 0. The maximum Gasteiger partial charge on any atom is 0.145 e. The third-order valence-electron chi connectivity index (χ3n) is 3.19. The van der Waals surface area contributed by atoms with Crippen molar-refractivity contribution in [2.75, 3.05) is 11.9 Å². The van der Waals surface area contributed by atoms with Gasteiger partial charge in [0.1, 0.15) is 11.8 Å². The maximum atomic E-state index is 9.04. The Kier molecular flexibility index (Phi) is 4.15. The minimum atomic E-state index is 0.500. The molecule has 0 bridgehead atoms. The zero-order chi connectivity index (χ0) is 13.7. The third-order valence-corrected chi connectivity index (χ3v) is 3.19. The molecule has 0 atom stereocenters. The molecule has 0 N–H and O–H groups in total. The highest BCUT2D eigenvalue weighted by atomic mass is 15.1. The molecule has 2 rings (SSSR count). The van der Waals surface area contributed by atoms with Crippen molar-refractivity contribution < 1.29 is 0 Å². The number of hydrogen-bond donors (Lipinski definition) is 0. The summed E-state index contributed by atoms with van der Waals surface area (Å²) in [4.78, 5) is 6.21. The van der Waals surface area contributed by atoms with Crippen molar-refractivity contribution in [3.05, 3.63) is 59.4 Å². The van der Waals surface area contributed by atoms with Crippen LogP contribution in [0.4, 0.5) is 5.69 Å². The van der Waals surface area contributed by atoms with Crippen molar-refractivity contribution >= 4 is 5.69 Å². The van der Waals surface area contributed by atoms with E-state index in [4.69, 9.17) is 5.26 Å². The van der Waals surface area contributed by atoms with Gasteiger partial charge in [-0.25, -0.2) is 4.98 Å². The van der Waals surface area contributed by atoms with E-state index in [1.807, 2.05) is 19.2 Å². The number of anilines is 1. The monoisotopic (exact) mass is 251 g/mol. The first-order chi connectivity index (χ1) is 9.24. The van der Waals surface area contributed by atoms with Crippen molar-refractivity contribution in [1.29, 1.82) is 5.26 Å². The van der Waals surface area contributed by atoms with Crippen LogP contribution in [0.3, 0.4) is 0 Å². The fourth-order valence-corrected chi connectivity index (χ4v) is 2.00. The Morgan fingerprint density at radius 1 is 1.21 bits per heavy atom. The summed E-state index contributed by atoms with van der Waals surface area (Å²) in [5, 5.41) is 9.04. The molecule has 2 aromatic rings. The minimum Gasteiger partial charge on any atom is -0.370 e.